The van der Waals surface area contributed by atoms with Gasteiger partial charge in [-0.2, -0.15) is 18.3 Å². The molecule has 9 heteroatoms. The lowest BCUT2D eigenvalue weighted by atomic mass is 9.97. The van der Waals surface area contributed by atoms with Gasteiger partial charge in [-0.1, -0.05) is 103 Å². The van der Waals surface area contributed by atoms with Crippen molar-refractivity contribution in [2.24, 2.45) is 0 Å². The van der Waals surface area contributed by atoms with Crippen molar-refractivity contribution in [3.05, 3.63) is 118 Å². The van der Waals surface area contributed by atoms with Crippen LogP contribution in [0.5, 0.6) is 0 Å². The fourth-order valence-electron chi connectivity index (χ4n) is 4.59. The minimum atomic E-state index is -4.58. The summed E-state index contributed by atoms with van der Waals surface area (Å²) in [5.74, 6) is -0.551. The Morgan fingerprint density at radius 3 is 1.95 bits per heavy atom. The number of carbonyl (C=O) groups excluding carboxylic acids is 1. The third-order valence-corrected chi connectivity index (χ3v) is 6.78. The van der Waals surface area contributed by atoms with Crippen molar-refractivity contribution in [3.8, 4) is 0 Å². The maximum absolute atomic E-state index is 14.2. The molecule has 3 aromatic carbocycles. The number of hydrogen-bond acceptors (Lipinski definition) is 3. The summed E-state index contributed by atoms with van der Waals surface area (Å²) in [6.07, 6.45) is -4.85. The summed E-state index contributed by atoms with van der Waals surface area (Å²) in [5, 5.41) is 7.12. The van der Waals surface area contributed by atoms with E-state index in [1.165, 1.54) is 0 Å². The van der Waals surface area contributed by atoms with Gasteiger partial charge in [0.15, 0.2) is 11.7 Å². The van der Waals surface area contributed by atoms with E-state index in [-0.39, 0.29) is 36.0 Å². The molecule has 0 aliphatic carbocycles. The predicted molar refractivity (Wildman–Crippen MR) is 136 cm³/mol. The second-order valence-corrected chi connectivity index (χ2v) is 9.37. The molecule has 0 radical (unpaired) electrons. The zero-order valence-electron chi connectivity index (χ0n) is 19.7. The molecule has 1 amide bonds. The van der Waals surface area contributed by atoms with Gasteiger partial charge >= 0.3 is 6.18 Å². The van der Waals surface area contributed by atoms with E-state index in [2.05, 4.69) is 10.4 Å². The molecular weight excluding hydrogens is 501 g/mol. The van der Waals surface area contributed by atoms with Crippen LogP contribution < -0.4 is 5.32 Å². The van der Waals surface area contributed by atoms with Crippen LogP contribution in [0.25, 0.3) is 0 Å². The summed E-state index contributed by atoms with van der Waals surface area (Å²) in [6, 6.07) is 25.1. The number of alkyl halides is 3. The molecule has 37 heavy (non-hydrogen) atoms. The van der Waals surface area contributed by atoms with E-state index in [0.717, 1.165) is 15.8 Å². The Kier molecular flexibility index (Phi) is 6.93. The van der Waals surface area contributed by atoms with Crippen LogP contribution in [0, 0.1) is 0 Å². The summed E-state index contributed by atoms with van der Waals surface area (Å²) in [7, 11) is 0. The zero-order valence-corrected chi connectivity index (χ0v) is 20.5. The van der Waals surface area contributed by atoms with Crippen LogP contribution in [0.15, 0.2) is 91.0 Å². The molecule has 1 N–H and O–H groups in total. The average molecular weight is 525 g/mol. The molecule has 2 unspecified atom stereocenters. The maximum Gasteiger partial charge on any atom is 0.410 e. The second kappa shape index (κ2) is 10.3. The molecule has 1 aromatic heterocycles. The Morgan fingerprint density at radius 2 is 1.43 bits per heavy atom. The number of benzene rings is 3. The van der Waals surface area contributed by atoms with E-state index in [9.17, 15) is 18.0 Å². The van der Waals surface area contributed by atoms with Gasteiger partial charge in [0.1, 0.15) is 10.8 Å². The van der Waals surface area contributed by atoms with Crippen molar-refractivity contribution < 1.29 is 18.0 Å². The van der Waals surface area contributed by atoms with Crippen LogP contribution in [-0.2, 0) is 13.1 Å². The van der Waals surface area contributed by atoms with E-state index in [1.54, 1.807) is 35.2 Å². The lowest BCUT2D eigenvalue weighted by molar-refractivity contribution is -0.173. The molecular formula is C28H24ClF3N4O. The number of halogens is 4. The first kappa shape index (κ1) is 24.9. The Balaban J connectivity index is 1.52. The largest absolute Gasteiger partial charge is 0.410 e. The van der Waals surface area contributed by atoms with Crippen LogP contribution in [0.1, 0.15) is 45.7 Å². The number of rotatable bonds is 6. The van der Waals surface area contributed by atoms with Gasteiger partial charge in [-0.25, -0.2) is 4.68 Å². The van der Waals surface area contributed by atoms with Gasteiger partial charge in [-0.05, 0) is 16.7 Å². The number of anilines is 1. The maximum atomic E-state index is 14.2. The Bertz CT molecular complexity index is 1320. The summed E-state index contributed by atoms with van der Waals surface area (Å²) in [4.78, 5) is 15.3. The van der Waals surface area contributed by atoms with E-state index in [1.807, 2.05) is 60.7 Å². The molecule has 4 aromatic rings. The molecule has 1 aliphatic heterocycles. The molecule has 5 nitrogen and oxygen atoms in total. The van der Waals surface area contributed by atoms with E-state index in [4.69, 9.17) is 11.6 Å². The number of nitrogens with zero attached hydrogens (tertiary/aromatic N) is 3. The van der Waals surface area contributed by atoms with Crippen LogP contribution in [-0.4, -0.2) is 26.8 Å². The molecule has 0 spiro atoms. The third kappa shape index (κ3) is 5.34. The van der Waals surface area contributed by atoms with E-state index < -0.39 is 24.2 Å². The minimum Gasteiger partial charge on any atom is -0.362 e. The monoisotopic (exact) mass is 524 g/mol. The third-order valence-electron chi connectivity index (χ3n) is 6.42. The molecule has 1 aliphatic rings. The number of aromatic nitrogens is 2. The van der Waals surface area contributed by atoms with Crippen molar-refractivity contribution >= 4 is 23.3 Å². The first-order valence-corrected chi connectivity index (χ1v) is 12.2. The summed E-state index contributed by atoms with van der Waals surface area (Å²) in [6.45, 7) is 0.492. The predicted octanol–water partition coefficient (Wildman–Crippen LogP) is 7.04. The summed E-state index contributed by atoms with van der Waals surface area (Å²) in [5.41, 5.74) is 2.24. The SMILES string of the molecule is O=C(c1nn2c(c1Cl)NC(c1ccccc1)CC2C(F)(F)F)N(Cc1ccccc1)Cc1ccccc1. The zero-order chi connectivity index (χ0) is 26.0. The van der Waals surface area contributed by atoms with Gasteiger partial charge in [0.05, 0.1) is 6.04 Å². The Labute approximate surface area is 217 Å². The van der Waals surface area contributed by atoms with Crippen LogP contribution in [0.3, 0.4) is 0 Å². The fourth-order valence-corrected chi connectivity index (χ4v) is 4.85. The molecule has 2 heterocycles. The molecule has 0 saturated carbocycles. The lowest BCUT2D eigenvalue weighted by Crippen LogP contribution is -2.36. The van der Waals surface area contributed by atoms with E-state index in [0.29, 0.717) is 5.56 Å². The highest BCUT2D eigenvalue weighted by molar-refractivity contribution is 6.36. The quantitative estimate of drug-likeness (QED) is 0.294. The van der Waals surface area contributed by atoms with Crippen molar-refractivity contribution in [2.45, 2.75) is 37.8 Å². The highest BCUT2D eigenvalue weighted by Gasteiger charge is 2.48. The standard InChI is InChI=1S/C28H24ClF3N4O/c29-24-25(27(37)35(17-19-10-4-1-5-11-19)18-20-12-6-2-7-13-20)34-36-23(28(30,31)32)16-22(33-26(24)36)21-14-8-3-9-15-21/h1-15,22-23,33H,16-18H2. The number of hydrogen-bond donors (Lipinski definition) is 1. The number of fused-ring (bicyclic) bond motifs is 1. The fraction of sp³-hybridized carbons (Fsp3) is 0.214. The van der Waals surface area contributed by atoms with Crippen molar-refractivity contribution in [1.29, 1.82) is 0 Å². The number of carbonyl (C=O) groups is 1. The van der Waals surface area contributed by atoms with Gasteiger partial charge in [0, 0.05) is 19.5 Å². The topological polar surface area (TPSA) is 50.2 Å². The smallest absolute Gasteiger partial charge is 0.362 e. The Morgan fingerprint density at radius 1 is 0.919 bits per heavy atom. The van der Waals surface area contributed by atoms with Gasteiger partial charge in [-0.3, -0.25) is 4.79 Å². The molecule has 0 fully saturated rings. The van der Waals surface area contributed by atoms with Gasteiger partial charge in [0.25, 0.3) is 5.91 Å². The van der Waals surface area contributed by atoms with Crippen LogP contribution in [0.2, 0.25) is 5.02 Å². The first-order valence-electron chi connectivity index (χ1n) is 11.8. The lowest BCUT2D eigenvalue weighted by Gasteiger charge is -2.33. The molecule has 190 valence electrons. The average Bonchev–Trinajstić information content (AvgIpc) is 3.24. The van der Waals surface area contributed by atoms with Crippen molar-refractivity contribution in [2.75, 3.05) is 5.32 Å². The van der Waals surface area contributed by atoms with Crippen molar-refractivity contribution in [3.63, 3.8) is 0 Å². The van der Waals surface area contributed by atoms with E-state index >= 15 is 0 Å². The van der Waals surface area contributed by atoms with Gasteiger partial charge in [0.2, 0.25) is 0 Å². The van der Waals surface area contributed by atoms with Crippen molar-refractivity contribution in [1.82, 2.24) is 14.7 Å². The molecule has 0 saturated heterocycles. The number of nitrogens with one attached hydrogen (secondary N) is 1. The Hall–Kier alpha value is -3.78. The summed E-state index contributed by atoms with van der Waals surface area (Å²) >= 11 is 6.59. The molecule has 5 rings (SSSR count). The van der Waals surface area contributed by atoms with Crippen LogP contribution >= 0.6 is 11.6 Å². The van der Waals surface area contributed by atoms with Gasteiger partial charge < -0.3 is 10.2 Å². The van der Waals surface area contributed by atoms with Gasteiger partial charge in [-0.15, -0.1) is 0 Å². The second-order valence-electron chi connectivity index (χ2n) is 8.99. The number of amides is 1. The first-order chi connectivity index (χ1) is 17.8. The highest BCUT2D eigenvalue weighted by atomic mass is 35.5. The minimum absolute atomic E-state index is 0.00758. The highest BCUT2D eigenvalue weighted by Crippen LogP contribution is 2.46. The molecule has 0 bridgehead atoms. The normalized spacial score (nSPS) is 17.1. The van der Waals surface area contributed by atoms with Crippen LogP contribution in [0.4, 0.5) is 19.0 Å². The summed E-state index contributed by atoms with van der Waals surface area (Å²) < 4.78 is 43.3. The molecule has 2 atom stereocenters.